The second kappa shape index (κ2) is 6.02. The van der Waals surface area contributed by atoms with E-state index in [4.69, 9.17) is 0 Å². The van der Waals surface area contributed by atoms with Crippen LogP contribution in [0.5, 0.6) is 0 Å². The lowest BCUT2D eigenvalue weighted by molar-refractivity contribution is 0.867. The lowest BCUT2D eigenvalue weighted by atomic mass is 10.1. The van der Waals surface area contributed by atoms with Gasteiger partial charge in [0.05, 0.1) is 0 Å². The van der Waals surface area contributed by atoms with Crippen molar-refractivity contribution >= 4 is 27.7 Å². The Balaban J connectivity index is 2.12. The molecule has 0 spiro atoms. The molecule has 0 aliphatic carbocycles. The van der Waals surface area contributed by atoms with E-state index in [1.54, 1.807) is 6.20 Å². The van der Waals surface area contributed by atoms with Crippen LogP contribution in [0.25, 0.3) is 0 Å². The van der Waals surface area contributed by atoms with Gasteiger partial charge in [-0.25, -0.2) is 4.98 Å². The zero-order chi connectivity index (χ0) is 13.8. The zero-order valence-electron chi connectivity index (χ0n) is 11.3. The molecule has 1 aromatic heterocycles. The van der Waals surface area contributed by atoms with Crippen LogP contribution in [-0.4, -0.2) is 24.1 Å². The van der Waals surface area contributed by atoms with Gasteiger partial charge in [0, 0.05) is 30.8 Å². The molecule has 2 rings (SSSR count). The number of nitrogens with zero attached hydrogens (tertiary/aromatic N) is 3. The first-order valence-corrected chi connectivity index (χ1v) is 6.88. The molecular weight excluding hydrogens is 304 g/mol. The van der Waals surface area contributed by atoms with Crippen molar-refractivity contribution in [3.05, 3.63) is 46.6 Å². The lowest BCUT2D eigenvalue weighted by Gasteiger charge is -2.16. The summed E-state index contributed by atoms with van der Waals surface area (Å²) < 4.78 is 1.08. The highest BCUT2D eigenvalue weighted by Crippen LogP contribution is 2.20. The Morgan fingerprint density at radius 1 is 1.16 bits per heavy atom. The van der Waals surface area contributed by atoms with E-state index in [0.29, 0.717) is 5.95 Å². The topological polar surface area (TPSA) is 41.1 Å². The van der Waals surface area contributed by atoms with Crippen molar-refractivity contribution < 1.29 is 0 Å². The fourth-order valence-electron chi connectivity index (χ4n) is 1.70. The number of halogens is 1. The fourth-order valence-corrected chi connectivity index (χ4v) is 1.97. The third-order valence-corrected chi connectivity index (χ3v) is 3.31. The molecule has 0 amide bonds. The predicted octanol–water partition coefficient (Wildman–Crippen LogP) is 3.48. The SMILES string of the molecule is CC(Nc1ccnc(N(C)C)n1)c1ccc(Br)cc1. The number of nitrogens with one attached hydrogen (secondary N) is 1. The Labute approximate surface area is 122 Å². The minimum Gasteiger partial charge on any atom is -0.363 e. The van der Waals surface area contributed by atoms with Crippen molar-refractivity contribution in [3.8, 4) is 0 Å². The Kier molecular flexibility index (Phi) is 4.37. The molecule has 1 unspecified atom stereocenters. The highest BCUT2D eigenvalue weighted by atomic mass is 79.9. The van der Waals surface area contributed by atoms with E-state index < -0.39 is 0 Å². The van der Waals surface area contributed by atoms with E-state index >= 15 is 0 Å². The number of hydrogen-bond acceptors (Lipinski definition) is 4. The van der Waals surface area contributed by atoms with Crippen LogP contribution in [0.4, 0.5) is 11.8 Å². The molecule has 1 aromatic carbocycles. The third kappa shape index (κ3) is 3.67. The van der Waals surface area contributed by atoms with Crippen molar-refractivity contribution in [1.29, 1.82) is 0 Å². The standard InChI is InChI=1S/C14H17BrN4/c1-10(11-4-6-12(15)7-5-11)17-13-8-9-16-14(18-13)19(2)3/h4-10H,1-3H3,(H,16,17,18). The minimum absolute atomic E-state index is 0.193. The normalized spacial score (nSPS) is 12.0. The molecule has 0 saturated carbocycles. The summed E-state index contributed by atoms with van der Waals surface area (Å²) in [6.07, 6.45) is 1.76. The molecule has 19 heavy (non-hydrogen) atoms. The van der Waals surface area contributed by atoms with Gasteiger partial charge in [-0.1, -0.05) is 28.1 Å². The van der Waals surface area contributed by atoms with Crippen molar-refractivity contribution in [3.63, 3.8) is 0 Å². The molecule has 0 saturated heterocycles. The molecule has 1 atom stereocenters. The van der Waals surface area contributed by atoms with Crippen LogP contribution < -0.4 is 10.2 Å². The molecule has 5 heteroatoms. The fraction of sp³-hybridized carbons (Fsp3) is 0.286. The molecule has 0 radical (unpaired) electrons. The number of anilines is 2. The Bertz CT molecular complexity index is 539. The molecule has 1 heterocycles. The van der Waals surface area contributed by atoms with Gasteiger partial charge in [0.1, 0.15) is 5.82 Å². The van der Waals surface area contributed by atoms with Gasteiger partial charge in [-0.15, -0.1) is 0 Å². The monoisotopic (exact) mass is 320 g/mol. The molecule has 0 aliphatic heterocycles. The number of aromatic nitrogens is 2. The largest absolute Gasteiger partial charge is 0.363 e. The first kappa shape index (κ1) is 13.8. The smallest absolute Gasteiger partial charge is 0.226 e. The van der Waals surface area contributed by atoms with Gasteiger partial charge in [0.25, 0.3) is 0 Å². The summed E-state index contributed by atoms with van der Waals surface area (Å²) in [6.45, 7) is 2.11. The summed E-state index contributed by atoms with van der Waals surface area (Å²) >= 11 is 3.44. The quantitative estimate of drug-likeness (QED) is 0.936. The minimum atomic E-state index is 0.193. The Morgan fingerprint density at radius 2 is 1.84 bits per heavy atom. The second-order valence-corrected chi connectivity index (χ2v) is 5.47. The maximum atomic E-state index is 4.45. The first-order chi connectivity index (χ1) is 9.06. The Morgan fingerprint density at radius 3 is 2.47 bits per heavy atom. The van der Waals surface area contributed by atoms with Crippen molar-refractivity contribution in [2.45, 2.75) is 13.0 Å². The molecule has 100 valence electrons. The number of rotatable bonds is 4. The van der Waals surface area contributed by atoms with E-state index in [9.17, 15) is 0 Å². The van der Waals surface area contributed by atoms with Gasteiger partial charge in [-0.2, -0.15) is 4.98 Å². The Hall–Kier alpha value is -1.62. The molecule has 0 fully saturated rings. The molecule has 1 N–H and O–H groups in total. The summed E-state index contributed by atoms with van der Waals surface area (Å²) in [5.41, 5.74) is 1.22. The first-order valence-electron chi connectivity index (χ1n) is 6.08. The van der Waals surface area contributed by atoms with E-state index in [-0.39, 0.29) is 6.04 Å². The molecular formula is C14H17BrN4. The van der Waals surface area contributed by atoms with Crippen LogP contribution in [0, 0.1) is 0 Å². The molecule has 0 aliphatic rings. The third-order valence-electron chi connectivity index (χ3n) is 2.78. The maximum Gasteiger partial charge on any atom is 0.226 e. The van der Waals surface area contributed by atoms with Gasteiger partial charge in [0.15, 0.2) is 0 Å². The van der Waals surface area contributed by atoms with Crippen molar-refractivity contribution in [2.75, 3.05) is 24.3 Å². The van der Waals surface area contributed by atoms with Crippen LogP contribution in [0.3, 0.4) is 0 Å². The van der Waals surface area contributed by atoms with Crippen LogP contribution in [0.1, 0.15) is 18.5 Å². The second-order valence-electron chi connectivity index (χ2n) is 4.55. The predicted molar refractivity (Wildman–Crippen MR) is 82.5 cm³/mol. The summed E-state index contributed by atoms with van der Waals surface area (Å²) in [4.78, 5) is 10.5. The lowest BCUT2D eigenvalue weighted by Crippen LogP contribution is -2.14. The number of hydrogen-bond donors (Lipinski definition) is 1. The van der Waals surface area contributed by atoms with Crippen LogP contribution in [-0.2, 0) is 0 Å². The van der Waals surface area contributed by atoms with Gasteiger partial charge in [-0.3, -0.25) is 0 Å². The summed E-state index contributed by atoms with van der Waals surface area (Å²) in [7, 11) is 3.86. The number of benzene rings is 1. The zero-order valence-corrected chi connectivity index (χ0v) is 12.8. The molecule has 2 aromatic rings. The van der Waals surface area contributed by atoms with E-state index in [0.717, 1.165) is 10.3 Å². The van der Waals surface area contributed by atoms with Crippen LogP contribution in [0.15, 0.2) is 41.0 Å². The van der Waals surface area contributed by atoms with Crippen LogP contribution in [0.2, 0.25) is 0 Å². The molecule has 0 bridgehead atoms. The van der Waals surface area contributed by atoms with Gasteiger partial charge >= 0.3 is 0 Å². The highest BCUT2D eigenvalue weighted by Gasteiger charge is 2.07. The summed E-state index contributed by atoms with van der Waals surface area (Å²) in [5.74, 6) is 1.53. The van der Waals surface area contributed by atoms with Crippen molar-refractivity contribution in [2.24, 2.45) is 0 Å². The van der Waals surface area contributed by atoms with Gasteiger partial charge < -0.3 is 10.2 Å². The van der Waals surface area contributed by atoms with Gasteiger partial charge in [-0.05, 0) is 30.7 Å². The van der Waals surface area contributed by atoms with E-state index in [1.807, 2.05) is 37.2 Å². The van der Waals surface area contributed by atoms with Crippen molar-refractivity contribution in [1.82, 2.24) is 9.97 Å². The summed E-state index contributed by atoms with van der Waals surface area (Å²) in [6, 6.07) is 10.3. The van der Waals surface area contributed by atoms with Gasteiger partial charge in [0.2, 0.25) is 5.95 Å². The van der Waals surface area contributed by atoms with E-state index in [1.165, 1.54) is 5.56 Å². The maximum absolute atomic E-state index is 4.45. The van der Waals surface area contributed by atoms with E-state index in [2.05, 4.69) is 50.3 Å². The highest BCUT2D eigenvalue weighted by molar-refractivity contribution is 9.10. The van der Waals surface area contributed by atoms with Crippen LogP contribution >= 0.6 is 15.9 Å². The summed E-state index contributed by atoms with van der Waals surface area (Å²) in [5, 5.41) is 3.38. The average Bonchev–Trinajstić information content (AvgIpc) is 2.39. The average molecular weight is 321 g/mol. The molecule has 4 nitrogen and oxygen atoms in total.